The summed E-state index contributed by atoms with van der Waals surface area (Å²) in [5, 5.41) is 12.1. The highest BCUT2D eigenvalue weighted by Gasteiger charge is 2.57. The van der Waals surface area contributed by atoms with Crippen LogP contribution in [0.4, 0.5) is 0 Å². The van der Waals surface area contributed by atoms with E-state index in [1.54, 1.807) is 15.9 Å². The van der Waals surface area contributed by atoms with Crippen molar-refractivity contribution >= 4 is 17.7 Å². The summed E-state index contributed by atoms with van der Waals surface area (Å²) in [5.74, 6) is -0.189. The van der Waals surface area contributed by atoms with Crippen molar-refractivity contribution < 1.29 is 24.2 Å². The Labute approximate surface area is 200 Å². The van der Waals surface area contributed by atoms with E-state index in [2.05, 4.69) is 5.32 Å². The number of benzene rings is 1. The van der Waals surface area contributed by atoms with E-state index in [1.165, 1.54) is 0 Å². The van der Waals surface area contributed by atoms with E-state index >= 15 is 0 Å². The van der Waals surface area contributed by atoms with Gasteiger partial charge in [-0.2, -0.15) is 0 Å². The van der Waals surface area contributed by atoms with Gasteiger partial charge in [0, 0.05) is 13.1 Å². The molecule has 3 aliphatic heterocycles. The van der Waals surface area contributed by atoms with Crippen LogP contribution in [0.1, 0.15) is 56.6 Å². The van der Waals surface area contributed by atoms with Crippen LogP contribution in [0.3, 0.4) is 0 Å². The van der Waals surface area contributed by atoms with Crippen LogP contribution in [0.5, 0.6) is 5.75 Å². The fourth-order valence-electron chi connectivity index (χ4n) is 5.59. The molecule has 1 aromatic rings. The minimum absolute atomic E-state index is 0.0446. The van der Waals surface area contributed by atoms with Gasteiger partial charge in [0.15, 0.2) is 0 Å². The molecule has 0 aromatic heterocycles. The molecule has 3 aliphatic rings. The Balaban J connectivity index is 1.56. The van der Waals surface area contributed by atoms with Gasteiger partial charge in [0.25, 0.3) is 0 Å². The van der Waals surface area contributed by atoms with E-state index in [4.69, 9.17) is 15.6 Å². The molecule has 4 N–H and O–H groups in total. The zero-order valence-corrected chi connectivity index (χ0v) is 19.7. The monoisotopic (exact) mass is 472 g/mol. The van der Waals surface area contributed by atoms with Crippen molar-refractivity contribution in [2.45, 2.75) is 63.1 Å². The molecule has 0 radical (unpaired) electrons. The van der Waals surface area contributed by atoms with E-state index in [0.29, 0.717) is 38.2 Å². The molecule has 4 rings (SSSR count). The highest BCUT2D eigenvalue weighted by molar-refractivity contribution is 5.99. The van der Waals surface area contributed by atoms with Crippen LogP contribution < -0.4 is 15.8 Å². The van der Waals surface area contributed by atoms with Crippen LogP contribution in [0.15, 0.2) is 24.3 Å². The summed E-state index contributed by atoms with van der Waals surface area (Å²) in [7, 11) is 0. The Morgan fingerprint density at radius 1 is 1.15 bits per heavy atom. The molecule has 0 unspecified atom stereocenters. The number of hydrogen-bond donors (Lipinski definition) is 3. The van der Waals surface area contributed by atoms with E-state index < -0.39 is 24.0 Å². The van der Waals surface area contributed by atoms with E-state index in [0.717, 1.165) is 37.7 Å². The number of carbonyl (C=O) groups is 3. The minimum atomic E-state index is -0.617. The molecule has 0 spiro atoms. The van der Waals surface area contributed by atoms with Crippen molar-refractivity contribution in [1.82, 2.24) is 15.1 Å². The molecule has 4 atom stereocenters. The van der Waals surface area contributed by atoms with Gasteiger partial charge in [-0.25, -0.2) is 0 Å². The third kappa shape index (κ3) is 4.90. The molecule has 0 saturated carbocycles. The number of ether oxygens (including phenoxy) is 1. The maximum Gasteiger partial charge on any atom is 0.246 e. The molecular formula is C25H36N4O5. The number of aliphatic hydroxyl groups excluding tert-OH is 1. The van der Waals surface area contributed by atoms with E-state index in [-0.39, 0.29) is 30.9 Å². The Morgan fingerprint density at radius 3 is 2.76 bits per heavy atom. The number of carbonyl (C=O) groups excluding carboxylic acids is 3. The number of nitrogens with one attached hydrogen (secondary N) is 1. The van der Waals surface area contributed by atoms with E-state index in [1.807, 2.05) is 18.2 Å². The average Bonchev–Trinajstić information content (AvgIpc) is 3.50. The second-order valence-electron chi connectivity index (χ2n) is 9.38. The number of nitrogens with zero attached hydrogens (tertiary/aromatic N) is 2. The second-order valence-corrected chi connectivity index (χ2v) is 9.38. The first kappa shape index (κ1) is 24.5. The molecule has 9 nitrogen and oxygen atoms in total. The molecular weight excluding hydrogens is 436 g/mol. The quantitative estimate of drug-likeness (QED) is 0.412. The fourth-order valence-corrected chi connectivity index (χ4v) is 5.59. The maximum absolute atomic E-state index is 13.5. The number of rotatable bonds is 11. The van der Waals surface area contributed by atoms with Gasteiger partial charge >= 0.3 is 0 Å². The summed E-state index contributed by atoms with van der Waals surface area (Å²) >= 11 is 0. The molecule has 3 saturated heterocycles. The lowest BCUT2D eigenvalue weighted by Crippen LogP contribution is -2.60. The molecule has 0 aliphatic carbocycles. The van der Waals surface area contributed by atoms with Gasteiger partial charge in [0.1, 0.15) is 24.4 Å². The van der Waals surface area contributed by atoms with Crippen molar-refractivity contribution in [2.24, 2.45) is 11.7 Å². The topological polar surface area (TPSA) is 125 Å². The molecule has 34 heavy (non-hydrogen) atoms. The van der Waals surface area contributed by atoms with Gasteiger partial charge in [-0.1, -0.05) is 25.0 Å². The SMILES string of the molecule is NCCCCCCNC(=O)[C@@H]1C[C@@H]2C(=O)N3CCC[C@H]3C(=O)N2[C@@H]1c1cccc(OCCO)c1. The first-order chi connectivity index (χ1) is 16.6. The zero-order chi connectivity index (χ0) is 24.1. The molecule has 1 aromatic carbocycles. The summed E-state index contributed by atoms with van der Waals surface area (Å²) in [4.78, 5) is 43.5. The van der Waals surface area contributed by atoms with Crippen molar-refractivity contribution in [1.29, 1.82) is 0 Å². The van der Waals surface area contributed by atoms with Crippen molar-refractivity contribution in [2.75, 3.05) is 32.8 Å². The molecule has 186 valence electrons. The predicted molar refractivity (Wildman–Crippen MR) is 126 cm³/mol. The number of nitrogens with two attached hydrogens (primary N) is 1. The smallest absolute Gasteiger partial charge is 0.246 e. The standard InChI is InChI=1S/C25H36N4O5/c26-10-3-1-2-4-11-27-23(31)19-16-21-24(32)28-12-6-9-20(28)25(33)29(21)22(19)17-7-5-8-18(15-17)34-14-13-30/h5,7-8,15,19-22,30H,1-4,6,9-14,16,26H2,(H,27,31)/t19-,20+,21-,22-/m1/s1. The van der Waals surface area contributed by atoms with Crippen LogP contribution in [0.2, 0.25) is 0 Å². The molecule has 3 heterocycles. The fraction of sp³-hybridized carbons (Fsp3) is 0.640. The van der Waals surface area contributed by atoms with Gasteiger partial charge in [0.05, 0.1) is 18.6 Å². The van der Waals surface area contributed by atoms with Gasteiger partial charge in [-0.3, -0.25) is 14.4 Å². The van der Waals surface area contributed by atoms with Crippen LogP contribution in [0.25, 0.3) is 0 Å². The molecule has 0 bridgehead atoms. The normalized spacial score (nSPS) is 25.9. The van der Waals surface area contributed by atoms with Crippen molar-refractivity contribution in [3.8, 4) is 5.75 Å². The third-order valence-corrected chi connectivity index (χ3v) is 7.18. The Hall–Kier alpha value is -2.65. The highest BCUT2D eigenvalue weighted by atomic mass is 16.5. The van der Waals surface area contributed by atoms with Crippen LogP contribution >= 0.6 is 0 Å². The lowest BCUT2D eigenvalue weighted by molar-refractivity contribution is -0.159. The predicted octanol–water partition coefficient (Wildman–Crippen LogP) is 0.956. The van der Waals surface area contributed by atoms with Crippen LogP contribution in [-0.2, 0) is 14.4 Å². The first-order valence-corrected chi connectivity index (χ1v) is 12.5. The summed E-state index contributed by atoms with van der Waals surface area (Å²) in [6.07, 6.45) is 5.69. The largest absolute Gasteiger partial charge is 0.491 e. The van der Waals surface area contributed by atoms with E-state index in [9.17, 15) is 14.4 Å². The number of hydrogen-bond acceptors (Lipinski definition) is 6. The molecule has 3 amide bonds. The zero-order valence-electron chi connectivity index (χ0n) is 19.7. The third-order valence-electron chi connectivity index (χ3n) is 7.18. The Kier molecular flexibility index (Phi) is 8.05. The first-order valence-electron chi connectivity index (χ1n) is 12.5. The summed E-state index contributed by atoms with van der Waals surface area (Å²) in [5.41, 5.74) is 6.31. The number of unbranched alkanes of at least 4 members (excludes halogenated alkanes) is 3. The Bertz CT molecular complexity index is 894. The number of piperazine rings is 1. The maximum atomic E-state index is 13.5. The highest BCUT2D eigenvalue weighted by Crippen LogP contribution is 2.46. The lowest BCUT2D eigenvalue weighted by Gasteiger charge is -2.41. The van der Waals surface area contributed by atoms with Gasteiger partial charge in [-0.05, 0) is 56.3 Å². The summed E-state index contributed by atoms with van der Waals surface area (Å²) < 4.78 is 5.58. The second kappa shape index (κ2) is 11.2. The molecule has 3 fully saturated rings. The number of amides is 3. The minimum Gasteiger partial charge on any atom is -0.491 e. The number of fused-ring (bicyclic) bond motifs is 2. The molecule has 9 heteroatoms. The average molecular weight is 473 g/mol. The number of aliphatic hydroxyl groups is 1. The van der Waals surface area contributed by atoms with Crippen LogP contribution in [-0.4, -0.2) is 77.6 Å². The lowest BCUT2D eigenvalue weighted by atomic mass is 9.92. The summed E-state index contributed by atoms with van der Waals surface area (Å²) in [6, 6.07) is 5.72. The summed E-state index contributed by atoms with van der Waals surface area (Å²) in [6.45, 7) is 1.89. The van der Waals surface area contributed by atoms with Gasteiger partial charge < -0.3 is 30.7 Å². The Morgan fingerprint density at radius 2 is 1.97 bits per heavy atom. The van der Waals surface area contributed by atoms with Gasteiger partial charge in [-0.15, -0.1) is 0 Å². The van der Waals surface area contributed by atoms with Crippen molar-refractivity contribution in [3.05, 3.63) is 29.8 Å². The van der Waals surface area contributed by atoms with Crippen molar-refractivity contribution in [3.63, 3.8) is 0 Å². The van der Waals surface area contributed by atoms with Gasteiger partial charge in [0.2, 0.25) is 17.7 Å². The van der Waals surface area contributed by atoms with Crippen LogP contribution in [0, 0.1) is 5.92 Å².